The minimum Gasteiger partial charge on any atom is -0.508 e. The summed E-state index contributed by atoms with van der Waals surface area (Å²) >= 11 is 0. The largest absolute Gasteiger partial charge is 0.508 e. The van der Waals surface area contributed by atoms with E-state index in [4.69, 9.17) is 5.11 Å². The SMILES string of the molecule is CC(c1ccc(F)cc1O)N1CCCC1CC(=O)O. The van der Waals surface area contributed by atoms with Gasteiger partial charge >= 0.3 is 5.97 Å². The number of likely N-dealkylation sites (tertiary alicyclic amines) is 1. The standard InChI is InChI=1S/C14H18FNO3/c1-9(12-5-4-10(15)7-13(12)17)16-6-2-3-11(16)8-14(18)19/h4-5,7,9,11,17H,2-3,6,8H2,1H3,(H,18,19). The molecule has 1 aromatic carbocycles. The second-order valence-electron chi connectivity index (χ2n) is 5.01. The van der Waals surface area contributed by atoms with E-state index in [0.29, 0.717) is 5.56 Å². The van der Waals surface area contributed by atoms with E-state index in [0.717, 1.165) is 25.5 Å². The molecule has 5 heteroatoms. The van der Waals surface area contributed by atoms with Gasteiger partial charge in [0.15, 0.2) is 0 Å². The first-order valence-electron chi connectivity index (χ1n) is 6.45. The molecule has 0 aromatic heterocycles. The van der Waals surface area contributed by atoms with E-state index in [1.165, 1.54) is 6.07 Å². The summed E-state index contributed by atoms with van der Waals surface area (Å²) in [5.74, 6) is -1.36. The van der Waals surface area contributed by atoms with Crippen molar-refractivity contribution >= 4 is 5.97 Å². The highest BCUT2D eigenvalue weighted by Gasteiger charge is 2.31. The fourth-order valence-electron chi connectivity index (χ4n) is 2.84. The average Bonchev–Trinajstić information content (AvgIpc) is 2.75. The first-order valence-corrected chi connectivity index (χ1v) is 6.45. The molecule has 0 bridgehead atoms. The highest BCUT2D eigenvalue weighted by Crippen LogP contribution is 2.34. The van der Waals surface area contributed by atoms with Crippen LogP contribution in [0.4, 0.5) is 4.39 Å². The van der Waals surface area contributed by atoms with Gasteiger partial charge in [0.2, 0.25) is 0 Å². The molecule has 1 aromatic rings. The molecule has 2 rings (SSSR count). The van der Waals surface area contributed by atoms with Crippen molar-refractivity contribution in [2.45, 2.75) is 38.3 Å². The van der Waals surface area contributed by atoms with E-state index in [1.807, 2.05) is 6.92 Å². The van der Waals surface area contributed by atoms with Crippen molar-refractivity contribution < 1.29 is 19.4 Å². The van der Waals surface area contributed by atoms with Crippen molar-refractivity contribution in [1.82, 2.24) is 4.90 Å². The number of aliphatic carboxylic acids is 1. The number of aromatic hydroxyl groups is 1. The van der Waals surface area contributed by atoms with E-state index in [1.54, 1.807) is 6.07 Å². The van der Waals surface area contributed by atoms with Crippen molar-refractivity contribution in [3.05, 3.63) is 29.6 Å². The molecular weight excluding hydrogens is 249 g/mol. The summed E-state index contributed by atoms with van der Waals surface area (Å²) in [6.45, 7) is 2.71. The summed E-state index contributed by atoms with van der Waals surface area (Å²) in [4.78, 5) is 12.9. The summed E-state index contributed by atoms with van der Waals surface area (Å²) in [7, 11) is 0. The Bertz CT molecular complexity index is 478. The molecule has 0 amide bonds. The summed E-state index contributed by atoms with van der Waals surface area (Å²) in [5, 5.41) is 18.7. The van der Waals surface area contributed by atoms with E-state index < -0.39 is 11.8 Å². The van der Waals surface area contributed by atoms with Gasteiger partial charge in [-0.2, -0.15) is 0 Å². The number of carboxylic acid groups (broad SMARTS) is 1. The fraction of sp³-hybridized carbons (Fsp3) is 0.500. The molecule has 1 heterocycles. The zero-order chi connectivity index (χ0) is 14.0. The minimum absolute atomic E-state index is 0.0167. The van der Waals surface area contributed by atoms with Gasteiger partial charge in [-0.25, -0.2) is 4.39 Å². The van der Waals surface area contributed by atoms with Crippen molar-refractivity contribution in [2.24, 2.45) is 0 Å². The van der Waals surface area contributed by atoms with Crippen LogP contribution in [0.1, 0.15) is 37.8 Å². The van der Waals surface area contributed by atoms with Gasteiger partial charge in [0, 0.05) is 23.7 Å². The van der Waals surface area contributed by atoms with Gasteiger partial charge in [-0.05, 0) is 32.4 Å². The third-order valence-electron chi connectivity index (χ3n) is 3.77. The predicted octanol–water partition coefficient (Wildman–Crippen LogP) is 2.53. The molecule has 4 nitrogen and oxygen atoms in total. The number of hydrogen-bond donors (Lipinski definition) is 2. The number of phenolic OH excluding ortho intramolecular Hbond substituents is 1. The highest BCUT2D eigenvalue weighted by atomic mass is 19.1. The molecule has 104 valence electrons. The lowest BCUT2D eigenvalue weighted by atomic mass is 10.0. The van der Waals surface area contributed by atoms with Gasteiger partial charge < -0.3 is 10.2 Å². The molecule has 0 saturated carbocycles. The molecule has 19 heavy (non-hydrogen) atoms. The Morgan fingerprint density at radius 3 is 2.95 bits per heavy atom. The smallest absolute Gasteiger partial charge is 0.304 e. The van der Waals surface area contributed by atoms with Crippen LogP contribution in [0.5, 0.6) is 5.75 Å². The molecule has 2 N–H and O–H groups in total. The number of halogens is 1. The van der Waals surface area contributed by atoms with Gasteiger partial charge in [-0.1, -0.05) is 6.07 Å². The maximum atomic E-state index is 13.0. The minimum atomic E-state index is -0.813. The van der Waals surface area contributed by atoms with Crippen LogP contribution in [0.15, 0.2) is 18.2 Å². The predicted molar refractivity (Wildman–Crippen MR) is 68.5 cm³/mol. The van der Waals surface area contributed by atoms with Crippen LogP contribution >= 0.6 is 0 Å². The van der Waals surface area contributed by atoms with Gasteiger partial charge in [0.1, 0.15) is 11.6 Å². The first-order chi connectivity index (χ1) is 8.99. The Balaban J connectivity index is 2.18. The lowest BCUT2D eigenvalue weighted by Gasteiger charge is -2.30. The lowest BCUT2D eigenvalue weighted by molar-refractivity contribution is -0.138. The number of nitrogens with zero attached hydrogens (tertiary/aromatic N) is 1. The molecule has 1 fully saturated rings. The molecule has 0 spiro atoms. The van der Waals surface area contributed by atoms with Gasteiger partial charge in [0.05, 0.1) is 6.42 Å². The summed E-state index contributed by atoms with van der Waals surface area (Å²) < 4.78 is 13.0. The van der Waals surface area contributed by atoms with Crippen LogP contribution in [0.3, 0.4) is 0 Å². The Morgan fingerprint density at radius 1 is 1.58 bits per heavy atom. The third kappa shape index (κ3) is 3.04. The van der Waals surface area contributed by atoms with Crippen molar-refractivity contribution in [1.29, 1.82) is 0 Å². The maximum Gasteiger partial charge on any atom is 0.304 e. The van der Waals surface area contributed by atoms with Crippen LogP contribution in [-0.4, -0.2) is 33.7 Å². The molecular formula is C14H18FNO3. The Hall–Kier alpha value is -1.62. The average molecular weight is 267 g/mol. The van der Waals surface area contributed by atoms with Crippen molar-refractivity contribution in [3.8, 4) is 5.75 Å². The third-order valence-corrected chi connectivity index (χ3v) is 3.77. The summed E-state index contributed by atoms with van der Waals surface area (Å²) in [6, 6.07) is 3.83. The van der Waals surface area contributed by atoms with E-state index in [9.17, 15) is 14.3 Å². The molecule has 2 atom stereocenters. The van der Waals surface area contributed by atoms with Crippen LogP contribution in [0.25, 0.3) is 0 Å². The zero-order valence-electron chi connectivity index (χ0n) is 10.8. The molecule has 1 aliphatic rings. The summed E-state index contributed by atoms with van der Waals surface area (Å²) in [6.07, 6.45) is 1.90. The quantitative estimate of drug-likeness (QED) is 0.880. The second-order valence-corrected chi connectivity index (χ2v) is 5.01. The van der Waals surface area contributed by atoms with Gasteiger partial charge in [-0.15, -0.1) is 0 Å². The number of benzene rings is 1. The topological polar surface area (TPSA) is 60.8 Å². The Kier molecular flexibility index (Phi) is 4.04. The second kappa shape index (κ2) is 5.57. The molecule has 1 saturated heterocycles. The molecule has 1 aliphatic heterocycles. The van der Waals surface area contributed by atoms with Crippen molar-refractivity contribution in [3.63, 3.8) is 0 Å². The number of carbonyl (C=O) groups is 1. The van der Waals surface area contributed by atoms with E-state index in [-0.39, 0.29) is 24.3 Å². The van der Waals surface area contributed by atoms with Crippen LogP contribution < -0.4 is 0 Å². The highest BCUT2D eigenvalue weighted by molar-refractivity contribution is 5.67. The Morgan fingerprint density at radius 2 is 2.32 bits per heavy atom. The molecule has 0 radical (unpaired) electrons. The van der Waals surface area contributed by atoms with Crippen LogP contribution in [0.2, 0.25) is 0 Å². The van der Waals surface area contributed by atoms with E-state index >= 15 is 0 Å². The zero-order valence-corrected chi connectivity index (χ0v) is 10.8. The summed E-state index contributed by atoms with van der Waals surface area (Å²) in [5.41, 5.74) is 0.638. The number of phenols is 1. The number of hydrogen-bond acceptors (Lipinski definition) is 3. The Labute approximate surface area is 111 Å². The van der Waals surface area contributed by atoms with Gasteiger partial charge in [0.25, 0.3) is 0 Å². The van der Waals surface area contributed by atoms with E-state index in [2.05, 4.69) is 4.90 Å². The number of carboxylic acids is 1. The monoisotopic (exact) mass is 267 g/mol. The lowest BCUT2D eigenvalue weighted by Crippen LogP contribution is -2.33. The molecule has 2 unspecified atom stereocenters. The maximum absolute atomic E-state index is 13.0. The fourth-order valence-corrected chi connectivity index (χ4v) is 2.84. The molecule has 0 aliphatic carbocycles. The normalized spacial score (nSPS) is 21.5. The first kappa shape index (κ1) is 13.8. The van der Waals surface area contributed by atoms with Crippen LogP contribution in [0, 0.1) is 5.82 Å². The van der Waals surface area contributed by atoms with Crippen molar-refractivity contribution in [2.75, 3.05) is 6.54 Å². The van der Waals surface area contributed by atoms with Crippen LogP contribution in [-0.2, 0) is 4.79 Å². The van der Waals surface area contributed by atoms with Gasteiger partial charge in [-0.3, -0.25) is 9.69 Å². The number of rotatable bonds is 4.